The number of carbonyl (C=O) groups is 2. The third-order valence-electron chi connectivity index (χ3n) is 2.74. The van der Waals surface area contributed by atoms with E-state index in [1.807, 2.05) is 6.92 Å². The topological polar surface area (TPSA) is 80.3 Å². The summed E-state index contributed by atoms with van der Waals surface area (Å²) in [6, 6.07) is 8.06. The van der Waals surface area contributed by atoms with Gasteiger partial charge < -0.3 is 19.8 Å². The van der Waals surface area contributed by atoms with Gasteiger partial charge in [0.15, 0.2) is 0 Å². The zero-order valence-electron chi connectivity index (χ0n) is 12.0. The van der Waals surface area contributed by atoms with Crippen molar-refractivity contribution in [2.75, 3.05) is 0 Å². The minimum atomic E-state index is -1.13. The van der Waals surface area contributed by atoms with E-state index < -0.39 is 11.9 Å². The van der Waals surface area contributed by atoms with Crippen LogP contribution < -0.4 is 10.2 Å². The maximum absolute atomic E-state index is 10.3. The zero-order valence-corrected chi connectivity index (χ0v) is 13.2. The van der Waals surface area contributed by atoms with Gasteiger partial charge in [-0.3, -0.25) is 0 Å². The van der Waals surface area contributed by atoms with Gasteiger partial charge in [0.2, 0.25) is 0 Å². The SMILES string of the molecule is CCCCC(CC)C(=O)[O-].O=C([O-])c1ccccc1.[Al+3]. The molecular formula is C15H20AlO4+. The first kappa shape index (κ1) is 21.0. The van der Waals surface area contributed by atoms with Crippen LogP contribution in [0.5, 0.6) is 0 Å². The summed E-state index contributed by atoms with van der Waals surface area (Å²) in [6.07, 6.45) is 3.52. The Morgan fingerprint density at radius 1 is 1.10 bits per heavy atom. The molecule has 0 bridgehead atoms. The van der Waals surface area contributed by atoms with Crippen LogP contribution in [-0.2, 0) is 4.79 Å². The molecule has 0 aliphatic carbocycles. The summed E-state index contributed by atoms with van der Waals surface area (Å²) in [6.45, 7) is 3.94. The number of unbranched alkanes of at least 4 members (excludes halogenated alkanes) is 1. The van der Waals surface area contributed by atoms with Crippen LogP contribution in [0.1, 0.15) is 49.9 Å². The van der Waals surface area contributed by atoms with E-state index in [1.165, 1.54) is 12.1 Å². The van der Waals surface area contributed by atoms with Crippen molar-refractivity contribution in [2.45, 2.75) is 39.5 Å². The molecule has 1 rings (SSSR count). The van der Waals surface area contributed by atoms with E-state index in [0.29, 0.717) is 6.42 Å². The van der Waals surface area contributed by atoms with Gasteiger partial charge in [0.25, 0.3) is 0 Å². The standard InChI is InChI=1S/C8H16O2.C7H6O2.Al/c1-3-5-6-7(4-2)8(9)10;8-7(9)6-4-2-1-3-5-6;/h7H,3-6H2,1-2H3,(H,9,10);1-5H,(H,8,9);/q;;+3/p-2. The minimum absolute atomic E-state index is 0. The Hall–Kier alpha value is -1.31. The molecule has 0 aliphatic rings. The average Bonchev–Trinajstić information content (AvgIpc) is 2.41. The van der Waals surface area contributed by atoms with Gasteiger partial charge in [0.05, 0.1) is 5.97 Å². The Balaban J connectivity index is 0. The first-order valence-corrected chi connectivity index (χ1v) is 6.50. The van der Waals surface area contributed by atoms with Gasteiger partial charge in [-0.15, -0.1) is 0 Å². The molecule has 0 amide bonds. The molecule has 1 aromatic carbocycles. The van der Waals surface area contributed by atoms with Crippen molar-refractivity contribution in [3.63, 3.8) is 0 Å². The fourth-order valence-corrected chi connectivity index (χ4v) is 1.51. The van der Waals surface area contributed by atoms with Gasteiger partial charge in [0, 0.05) is 5.97 Å². The second-order valence-corrected chi connectivity index (χ2v) is 4.22. The van der Waals surface area contributed by atoms with Crippen LogP contribution in [0.25, 0.3) is 0 Å². The van der Waals surface area contributed by atoms with Crippen molar-refractivity contribution in [1.29, 1.82) is 0 Å². The van der Waals surface area contributed by atoms with Crippen LogP contribution in [0.3, 0.4) is 0 Å². The van der Waals surface area contributed by atoms with E-state index in [1.54, 1.807) is 18.2 Å². The van der Waals surface area contributed by atoms with Gasteiger partial charge in [0.1, 0.15) is 0 Å². The van der Waals surface area contributed by atoms with Gasteiger partial charge in [-0.05, 0) is 24.3 Å². The quantitative estimate of drug-likeness (QED) is 0.720. The van der Waals surface area contributed by atoms with Crippen LogP contribution in [-0.4, -0.2) is 29.3 Å². The van der Waals surface area contributed by atoms with E-state index in [0.717, 1.165) is 19.3 Å². The number of carboxylic acids is 2. The van der Waals surface area contributed by atoms with Crippen molar-refractivity contribution in [3.05, 3.63) is 35.9 Å². The third kappa shape index (κ3) is 9.60. The molecule has 0 spiro atoms. The molecule has 0 fully saturated rings. The molecule has 0 saturated heterocycles. The molecule has 0 aromatic heterocycles. The number of benzene rings is 1. The first-order valence-electron chi connectivity index (χ1n) is 6.50. The average molecular weight is 291 g/mol. The fourth-order valence-electron chi connectivity index (χ4n) is 1.51. The number of aromatic carboxylic acids is 1. The predicted octanol–water partition coefficient (Wildman–Crippen LogP) is 0.622. The second kappa shape index (κ2) is 12.7. The Labute approximate surface area is 131 Å². The van der Waals surface area contributed by atoms with Crippen molar-refractivity contribution in [2.24, 2.45) is 5.92 Å². The van der Waals surface area contributed by atoms with Crippen LogP contribution >= 0.6 is 0 Å². The summed E-state index contributed by atoms with van der Waals surface area (Å²) in [7, 11) is 0. The van der Waals surface area contributed by atoms with E-state index in [9.17, 15) is 19.8 Å². The Bertz CT molecular complexity index is 379. The summed E-state index contributed by atoms with van der Waals surface area (Å²) < 4.78 is 0. The third-order valence-corrected chi connectivity index (χ3v) is 2.74. The first-order chi connectivity index (χ1) is 9.02. The molecule has 4 nitrogen and oxygen atoms in total. The molecule has 1 unspecified atom stereocenters. The van der Waals surface area contributed by atoms with E-state index in [2.05, 4.69) is 6.92 Å². The molecule has 0 radical (unpaired) electrons. The monoisotopic (exact) mass is 291 g/mol. The van der Waals surface area contributed by atoms with Gasteiger partial charge in [-0.2, -0.15) is 0 Å². The van der Waals surface area contributed by atoms with Gasteiger partial charge in [-0.1, -0.05) is 57.0 Å². The molecule has 0 saturated carbocycles. The van der Waals surface area contributed by atoms with Crippen LogP contribution in [0.4, 0.5) is 0 Å². The van der Waals surface area contributed by atoms with Crippen LogP contribution in [0.15, 0.2) is 30.3 Å². The van der Waals surface area contributed by atoms with Crippen molar-refractivity contribution < 1.29 is 19.8 Å². The van der Waals surface area contributed by atoms with Crippen molar-refractivity contribution in [1.82, 2.24) is 0 Å². The van der Waals surface area contributed by atoms with Crippen molar-refractivity contribution in [3.8, 4) is 0 Å². The van der Waals surface area contributed by atoms with Crippen LogP contribution in [0.2, 0.25) is 0 Å². The maximum atomic E-state index is 10.3. The Morgan fingerprint density at radius 3 is 1.95 bits per heavy atom. The summed E-state index contributed by atoms with van der Waals surface area (Å²) in [5, 5.41) is 20.4. The number of aliphatic carboxylic acids is 1. The largest absolute Gasteiger partial charge is 3.00 e. The predicted molar refractivity (Wildman–Crippen MR) is 74.8 cm³/mol. The Morgan fingerprint density at radius 2 is 1.65 bits per heavy atom. The molecule has 106 valence electrons. The molecule has 0 aliphatic heterocycles. The van der Waals surface area contributed by atoms with E-state index in [4.69, 9.17) is 0 Å². The zero-order chi connectivity index (χ0) is 14.7. The molecule has 0 heterocycles. The molecule has 1 aromatic rings. The van der Waals surface area contributed by atoms with Gasteiger partial charge >= 0.3 is 17.4 Å². The fraction of sp³-hybridized carbons (Fsp3) is 0.467. The smallest absolute Gasteiger partial charge is 0.550 e. The summed E-state index contributed by atoms with van der Waals surface area (Å²) in [5.41, 5.74) is 0.220. The normalized spacial score (nSPS) is 10.5. The molecule has 5 heteroatoms. The number of hydrogen-bond acceptors (Lipinski definition) is 4. The van der Waals surface area contributed by atoms with Gasteiger partial charge in [-0.25, -0.2) is 0 Å². The summed E-state index contributed by atoms with van der Waals surface area (Å²) in [5.74, 6) is -2.24. The second-order valence-electron chi connectivity index (χ2n) is 4.22. The maximum Gasteiger partial charge on any atom is 3.00 e. The summed E-state index contributed by atoms with van der Waals surface area (Å²) >= 11 is 0. The molecule has 0 N–H and O–H groups in total. The number of carboxylic acid groups (broad SMARTS) is 2. The number of rotatable bonds is 6. The van der Waals surface area contributed by atoms with E-state index in [-0.39, 0.29) is 28.8 Å². The van der Waals surface area contributed by atoms with Crippen LogP contribution in [0, 0.1) is 5.92 Å². The molecule has 20 heavy (non-hydrogen) atoms. The van der Waals surface area contributed by atoms with Crippen molar-refractivity contribution >= 4 is 29.3 Å². The summed E-state index contributed by atoms with van der Waals surface area (Å²) in [4.78, 5) is 20.4. The minimum Gasteiger partial charge on any atom is -0.550 e. The molecule has 1 atom stereocenters. The Kier molecular flexibility index (Phi) is 13.3. The number of hydrogen-bond donors (Lipinski definition) is 0. The number of carbonyl (C=O) groups excluding carboxylic acids is 2. The van der Waals surface area contributed by atoms with E-state index >= 15 is 0 Å². The molecular weight excluding hydrogens is 271 g/mol.